The fourth-order valence-corrected chi connectivity index (χ4v) is 18.1. The van der Waals surface area contributed by atoms with Gasteiger partial charge >= 0.3 is 35.3 Å². The van der Waals surface area contributed by atoms with Crippen molar-refractivity contribution in [2.24, 2.45) is 0 Å². The molecule has 29 heavy (non-hydrogen) atoms. The number of halogens is 2. The van der Waals surface area contributed by atoms with Crippen molar-refractivity contribution in [1.29, 1.82) is 0 Å². The molecule has 0 aliphatic rings. The molecule has 0 aliphatic heterocycles. The van der Waals surface area contributed by atoms with Gasteiger partial charge in [0.1, 0.15) is 0 Å². The third kappa shape index (κ3) is 16.4. The van der Waals surface area contributed by atoms with Crippen LogP contribution in [-0.2, 0) is 16.5 Å². The van der Waals surface area contributed by atoms with Crippen molar-refractivity contribution < 1.29 is 16.5 Å². The van der Waals surface area contributed by atoms with Crippen molar-refractivity contribution in [3.8, 4) is 0 Å². The van der Waals surface area contributed by atoms with Crippen LogP contribution >= 0.6 is 34.7 Å². The molecule has 0 aromatic carbocycles. The molecule has 0 saturated carbocycles. The molecule has 0 saturated heterocycles. The van der Waals surface area contributed by atoms with Crippen LogP contribution < -0.4 is 0 Å². The molecule has 0 radical (unpaired) electrons. The van der Waals surface area contributed by atoms with E-state index < -0.39 is 16.5 Å². The van der Waals surface area contributed by atoms with E-state index in [1.807, 2.05) is 0 Å². The predicted molar refractivity (Wildman–Crippen MR) is 144 cm³/mol. The average Bonchev–Trinajstić information content (AvgIpc) is 2.14. The van der Waals surface area contributed by atoms with Crippen molar-refractivity contribution in [3.63, 3.8) is 0 Å². The van der Waals surface area contributed by atoms with Gasteiger partial charge in [0.2, 0.25) is 0 Å². The Labute approximate surface area is 205 Å². The van der Waals surface area contributed by atoms with Gasteiger partial charge in [0.05, 0.1) is 0 Å². The van der Waals surface area contributed by atoms with Crippen molar-refractivity contribution in [2.75, 3.05) is 0 Å². The minimum atomic E-state index is -0.472. The van der Waals surface area contributed by atoms with Gasteiger partial charge < -0.3 is 0 Å². The number of rotatable bonds is 0. The molecule has 0 atom stereocenters. The molecule has 0 spiro atoms. The fraction of sp³-hybridized carbons (Fsp3) is 1.00. The summed E-state index contributed by atoms with van der Waals surface area (Å²) in [4.78, 5) is 0. The maximum atomic E-state index is 4.88. The van der Waals surface area contributed by atoms with E-state index in [2.05, 4.69) is 125 Å². The van der Waals surface area contributed by atoms with E-state index in [0.29, 0.717) is 30.9 Å². The van der Waals surface area contributed by atoms with E-state index in [1.54, 1.807) is 0 Å². The van der Waals surface area contributed by atoms with Gasteiger partial charge in [-0.15, -0.1) is 0 Å². The van der Waals surface area contributed by atoms with E-state index in [4.69, 9.17) is 18.8 Å². The third-order valence-corrected chi connectivity index (χ3v) is 12.1. The Balaban J connectivity index is -0.000000410. The van der Waals surface area contributed by atoms with Crippen LogP contribution in [0.1, 0.15) is 125 Å². The number of hydrogen-bond acceptors (Lipinski definition) is 0. The van der Waals surface area contributed by atoms with Crippen molar-refractivity contribution in [2.45, 2.75) is 156 Å². The average molecular weight is 671 g/mol. The Hall–Kier alpha value is 2.13. The normalized spacial score (nSPS) is 14.4. The standard InChI is InChI=1S/2C12H27P.2ClH.Pt/c2*1-10(2,3)13(11(4,5)6)12(7,8)9;;;/h2*1-9H3;2*1H;/q;;;;+2/p-2. The molecule has 0 rings (SSSR count). The van der Waals surface area contributed by atoms with E-state index >= 15 is 0 Å². The molecule has 0 N–H and O–H groups in total. The zero-order valence-electron chi connectivity index (χ0n) is 23.0. The fourth-order valence-electron chi connectivity index (χ4n) is 6.04. The monoisotopic (exact) mass is 669 g/mol. The Bertz CT molecular complexity index is 328. The van der Waals surface area contributed by atoms with Crippen LogP contribution in [0.25, 0.3) is 0 Å². The summed E-state index contributed by atoms with van der Waals surface area (Å²) in [6.45, 7) is 42.9. The molecule has 0 aliphatic carbocycles. The van der Waals surface area contributed by atoms with Gasteiger partial charge in [-0.05, 0) is 30.9 Å². The molecular formula is C24H54Cl2P2Pt. The Kier molecular flexibility index (Phi) is 15.5. The Morgan fingerprint density at radius 2 is 0.414 bits per heavy atom. The second kappa shape index (κ2) is 12.6. The van der Waals surface area contributed by atoms with Gasteiger partial charge in [-0.2, -0.15) is 0 Å². The van der Waals surface area contributed by atoms with E-state index in [9.17, 15) is 0 Å². The third-order valence-electron chi connectivity index (χ3n) is 4.02. The van der Waals surface area contributed by atoms with E-state index in [0.717, 1.165) is 0 Å². The van der Waals surface area contributed by atoms with Crippen LogP contribution in [0.15, 0.2) is 0 Å². The van der Waals surface area contributed by atoms with E-state index in [1.165, 1.54) is 0 Å². The van der Waals surface area contributed by atoms with Crippen molar-refractivity contribution in [1.82, 2.24) is 0 Å². The molecule has 0 unspecified atom stereocenters. The predicted octanol–water partition coefficient (Wildman–Crippen LogP) is 11.1. The van der Waals surface area contributed by atoms with Gasteiger partial charge in [-0.25, -0.2) is 0 Å². The molecule has 184 valence electrons. The molecule has 0 amide bonds. The number of hydrogen-bond donors (Lipinski definition) is 0. The molecule has 0 heterocycles. The van der Waals surface area contributed by atoms with Crippen LogP contribution in [0.4, 0.5) is 0 Å². The molecule has 0 aromatic rings. The first-order chi connectivity index (χ1) is 12.1. The summed E-state index contributed by atoms with van der Waals surface area (Å²) < 4.78 is 0. The van der Waals surface area contributed by atoms with Gasteiger partial charge in [-0.1, -0.05) is 140 Å². The van der Waals surface area contributed by atoms with Crippen LogP contribution in [0, 0.1) is 0 Å². The maximum absolute atomic E-state index is 4.88. The first kappa shape index (κ1) is 35.7. The summed E-state index contributed by atoms with van der Waals surface area (Å²) in [7, 11) is 9.78. The second-order valence-corrected chi connectivity index (χ2v) is 26.4. The van der Waals surface area contributed by atoms with Crippen LogP contribution in [0.3, 0.4) is 0 Å². The van der Waals surface area contributed by atoms with Crippen molar-refractivity contribution >= 4 is 34.7 Å². The molecule has 0 bridgehead atoms. The van der Waals surface area contributed by atoms with Crippen molar-refractivity contribution in [3.05, 3.63) is 0 Å². The summed E-state index contributed by atoms with van der Waals surface area (Å²) in [5.74, 6) is 0. The molecule has 0 nitrogen and oxygen atoms in total. The van der Waals surface area contributed by atoms with Gasteiger partial charge in [0.25, 0.3) is 0 Å². The van der Waals surface area contributed by atoms with Crippen LogP contribution in [-0.4, -0.2) is 30.9 Å². The molecule has 0 aromatic heterocycles. The van der Waals surface area contributed by atoms with Crippen LogP contribution in [0.2, 0.25) is 0 Å². The first-order valence-corrected chi connectivity index (χ1v) is 18.9. The Morgan fingerprint density at radius 3 is 0.414 bits per heavy atom. The zero-order valence-corrected chi connectivity index (χ0v) is 28.5. The first-order valence-electron chi connectivity index (χ1n) is 10.6. The molecular weight excluding hydrogens is 616 g/mol. The summed E-state index contributed by atoms with van der Waals surface area (Å²) in [5, 5.41) is 2.70. The van der Waals surface area contributed by atoms with Gasteiger partial charge in [-0.3, -0.25) is 0 Å². The summed E-state index contributed by atoms with van der Waals surface area (Å²) >= 11 is -0.472. The van der Waals surface area contributed by atoms with Gasteiger partial charge in [0, 0.05) is 0 Å². The topological polar surface area (TPSA) is 0 Å². The molecule has 5 heteroatoms. The Morgan fingerprint density at radius 1 is 0.345 bits per heavy atom. The summed E-state index contributed by atoms with van der Waals surface area (Å²) in [5.41, 5.74) is 0. The van der Waals surface area contributed by atoms with Crippen LogP contribution in [0.5, 0.6) is 0 Å². The van der Waals surface area contributed by atoms with Gasteiger partial charge in [0.15, 0.2) is 0 Å². The SMILES string of the molecule is CC(C)(C)P(C(C)(C)C)C(C)(C)C.CC(C)(C)P(C(C)(C)C)C(C)(C)C.[Cl][Pt][Cl]. The van der Waals surface area contributed by atoms with E-state index in [-0.39, 0.29) is 15.8 Å². The zero-order chi connectivity index (χ0) is 24.9. The molecule has 0 fully saturated rings. The quantitative estimate of drug-likeness (QED) is 0.225. The summed E-state index contributed by atoms with van der Waals surface area (Å²) in [6, 6.07) is 0. The summed E-state index contributed by atoms with van der Waals surface area (Å²) in [6.07, 6.45) is 0. The minimum absolute atomic E-state index is 0.0162. The second-order valence-electron chi connectivity index (χ2n) is 13.7.